The van der Waals surface area contributed by atoms with Crippen LogP contribution in [0.5, 0.6) is 5.75 Å². The molecule has 0 saturated carbocycles. The van der Waals surface area contributed by atoms with Crippen molar-refractivity contribution in [3.63, 3.8) is 0 Å². The number of para-hydroxylation sites is 1. The minimum atomic E-state index is -0.367. The Morgan fingerprint density at radius 3 is 2.72 bits per heavy atom. The van der Waals surface area contributed by atoms with Gasteiger partial charge >= 0.3 is 0 Å². The molecule has 0 unspecified atom stereocenters. The third kappa shape index (κ3) is 6.11. The lowest BCUT2D eigenvalue weighted by Crippen LogP contribution is -2.46. The number of aromatic nitrogens is 3. The third-order valence-electron chi connectivity index (χ3n) is 8.32. The second-order valence-electron chi connectivity index (χ2n) is 11.0. The van der Waals surface area contributed by atoms with Crippen molar-refractivity contribution in [2.45, 2.75) is 26.8 Å². The van der Waals surface area contributed by atoms with Crippen molar-refractivity contribution in [1.82, 2.24) is 24.3 Å². The number of ether oxygens (including phenoxy) is 1. The van der Waals surface area contributed by atoms with Crippen molar-refractivity contribution in [3.8, 4) is 17.0 Å². The minimum Gasteiger partial charge on any atom is -0.494 e. The molecule has 43 heavy (non-hydrogen) atoms. The highest BCUT2D eigenvalue weighted by molar-refractivity contribution is 6.33. The van der Waals surface area contributed by atoms with E-state index < -0.39 is 0 Å². The molecule has 0 atom stereocenters. The van der Waals surface area contributed by atoms with Gasteiger partial charge in [0.1, 0.15) is 11.4 Å². The van der Waals surface area contributed by atoms with E-state index >= 15 is 0 Å². The highest BCUT2D eigenvalue weighted by atomic mass is 35.5. The van der Waals surface area contributed by atoms with Gasteiger partial charge in [0.05, 0.1) is 40.2 Å². The largest absolute Gasteiger partial charge is 0.494 e. The number of nitro benzene ring substituents is 1. The number of methoxy groups -OCH3 is 1. The van der Waals surface area contributed by atoms with Crippen LogP contribution in [0.25, 0.3) is 22.2 Å². The van der Waals surface area contributed by atoms with Crippen LogP contribution in [0.3, 0.4) is 0 Å². The Balaban J connectivity index is 0.00000368. The zero-order valence-corrected chi connectivity index (χ0v) is 24.9. The Kier molecular flexibility index (Phi) is 9.05. The minimum absolute atomic E-state index is 0. The van der Waals surface area contributed by atoms with Gasteiger partial charge < -0.3 is 24.4 Å². The number of nitrogens with zero attached hydrogens (tertiary/aromatic N) is 7. The summed E-state index contributed by atoms with van der Waals surface area (Å²) in [6, 6.07) is 9.51. The number of rotatable bonds is 9. The fourth-order valence-electron chi connectivity index (χ4n) is 5.94. The molecule has 0 spiro atoms. The zero-order valence-electron chi connectivity index (χ0n) is 24.1. The number of likely N-dealkylation sites (N-methyl/N-ethyl adjacent to an activating group) is 2. The van der Waals surface area contributed by atoms with Crippen LogP contribution in [0.15, 0.2) is 42.7 Å². The molecule has 4 heterocycles. The summed E-state index contributed by atoms with van der Waals surface area (Å²) in [6.07, 6.45) is 5.79. The van der Waals surface area contributed by atoms with E-state index in [-0.39, 0.29) is 24.0 Å². The molecule has 0 radical (unpaired) electrons. The monoisotopic (exact) mass is 606 g/mol. The van der Waals surface area contributed by atoms with E-state index in [0.29, 0.717) is 34.4 Å². The summed E-state index contributed by atoms with van der Waals surface area (Å²) >= 11 is 6.63. The number of aryl methyl sites for hydroxylation is 2. The Labute approximate surface area is 257 Å². The summed E-state index contributed by atoms with van der Waals surface area (Å²) in [5.41, 5.74) is 4.93. The summed E-state index contributed by atoms with van der Waals surface area (Å²) in [4.78, 5) is 27.6. The Morgan fingerprint density at radius 1 is 1.19 bits per heavy atom. The van der Waals surface area contributed by atoms with Crippen molar-refractivity contribution < 1.29 is 9.66 Å². The van der Waals surface area contributed by atoms with Crippen LogP contribution in [-0.4, -0.2) is 89.7 Å². The fraction of sp³-hybridized carbons (Fsp3) is 0.419. The number of nitrogens with one attached hydrogen (secondary N) is 1. The van der Waals surface area contributed by atoms with E-state index in [9.17, 15) is 10.1 Å². The molecule has 2 aliphatic rings. The van der Waals surface area contributed by atoms with Gasteiger partial charge in [0.2, 0.25) is 5.95 Å². The highest BCUT2D eigenvalue weighted by Gasteiger charge is 2.24. The first kappa shape index (κ1) is 30.5. The van der Waals surface area contributed by atoms with Gasteiger partial charge in [-0.25, -0.2) is 9.97 Å². The number of nitro groups is 1. The normalized spacial score (nSPS) is 15.3. The van der Waals surface area contributed by atoms with E-state index in [1.807, 2.05) is 11.9 Å². The van der Waals surface area contributed by atoms with Crippen LogP contribution in [0.2, 0.25) is 5.02 Å². The lowest BCUT2D eigenvalue weighted by Gasteiger charge is -2.33. The zero-order chi connectivity index (χ0) is 29.4. The smallest absolute Gasteiger partial charge is 0.294 e. The molecule has 2 aromatic carbocycles. The first-order valence-electron chi connectivity index (χ1n) is 14.2. The Hall–Kier alpha value is -3.93. The second-order valence-corrected chi connectivity index (χ2v) is 11.4. The van der Waals surface area contributed by atoms with Gasteiger partial charge in [-0.3, -0.25) is 15.0 Å². The van der Waals surface area contributed by atoms with Crippen LogP contribution in [0.4, 0.5) is 23.0 Å². The average Bonchev–Trinajstić information content (AvgIpc) is 3.37. The summed E-state index contributed by atoms with van der Waals surface area (Å²) < 4.78 is 7.94. The van der Waals surface area contributed by atoms with E-state index in [4.69, 9.17) is 21.3 Å². The first-order valence-corrected chi connectivity index (χ1v) is 14.6. The number of halogens is 1. The third-order valence-corrected chi connectivity index (χ3v) is 8.60. The molecule has 11 nitrogen and oxygen atoms in total. The molecule has 0 aliphatic carbocycles. The van der Waals surface area contributed by atoms with Crippen molar-refractivity contribution in [3.05, 3.63) is 63.4 Å². The predicted octanol–water partition coefficient (Wildman–Crippen LogP) is 5.68. The van der Waals surface area contributed by atoms with Gasteiger partial charge in [-0.1, -0.05) is 37.2 Å². The molecule has 4 aromatic rings. The van der Waals surface area contributed by atoms with Crippen LogP contribution < -0.4 is 15.0 Å². The summed E-state index contributed by atoms with van der Waals surface area (Å²) in [5.74, 6) is 0.722. The van der Waals surface area contributed by atoms with Gasteiger partial charge in [-0.2, -0.15) is 0 Å². The maximum atomic E-state index is 12.2. The number of piperazine rings is 1. The molecule has 2 aromatic heterocycles. The standard InChI is InChI=1S/C30H35ClN8O3.CH4/c1-35-10-13-37(14-11-35)15-12-36(2)25-17-27(42-3)24(16-26(25)39(40)41)33-30-32-18-23(31)28(34-30)22-19-38-9-5-7-20-6-4-8-21(22)29(20)38;/h4,6,8,16-19H,5,7,9-15H2,1-3H3,(H,32,33,34);1H4. The predicted molar refractivity (Wildman–Crippen MR) is 173 cm³/mol. The van der Waals surface area contributed by atoms with Gasteiger partial charge in [-0.15, -0.1) is 0 Å². The van der Waals surface area contributed by atoms with Gasteiger partial charge in [0.15, 0.2) is 0 Å². The molecular weight excluding hydrogens is 568 g/mol. The molecule has 0 bridgehead atoms. The van der Waals surface area contributed by atoms with Gasteiger partial charge in [0, 0.05) is 82.1 Å². The van der Waals surface area contributed by atoms with E-state index in [1.54, 1.807) is 19.4 Å². The van der Waals surface area contributed by atoms with Crippen LogP contribution in [0.1, 0.15) is 19.4 Å². The number of anilines is 3. The van der Waals surface area contributed by atoms with Crippen molar-refractivity contribution in [1.29, 1.82) is 0 Å². The van der Waals surface area contributed by atoms with Gasteiger partial charge in [-0.05, 0) is 25.5 Å². The first-order chi connectivity index (χ1) is 20.3. The maximum Gasteiger partial charge on any atom is 0.294 e. The Morgan fingerprint density at radius 2 is 1.98 bits per heavy atom. The highest BCUT2D eigenvalue weighted by Crippen LogP contribution is 2.40. The van der Waals surface area contributed by atoms with Gasteiger partial charge in [0.25, 0.3) is 5.69 Å². The molecule has 228 valence electrons. The van der Waals surface area contributed by atoms with E-state index in [0.717, 1.165) is 63.1 Å². The topological polar surface area (TPSA) is 105 Å². The van der Waals surface area contributed by atoms with Crippen molar-refractivity contribution in [2.75, 3.05) is 70.7 Å². The maximum absolute atomic E-state index is 12.2. The molecule has 2 aliphatic heterocycles. The number of benzene rings is 2. The molecule has 6 rings (SSSR count). The molecule has 1 saturated heterocycles. The molecular formula is C31H39ClN8O3. The summed E-state index contributed by atoms with van der Waals surface area (Å²) in [7, 11) is 5.54. The van der Waals surface area contributed by atoms with E-state index in [1.165, 1.54) is 17.1 Å². The lowest BCUT2D eigenvalue weighted by atomic mass is 10.0. The van der Waals surface area contributed by atoms with E-state index in [2.05, 4.69) is 56.1 Å². The molecule has 0 amide bonds. The van der Waals surface area contributed by atoms with Crippen molar-refractivity contribution in [2.24, 2.45) is 0 Å². The molecule has 1 fully saturated rings. The quantitative estimate of drug-likeness (QED) is 0.190. The average molecular weight is 607 g/mol. The molecule has 12 heteroatoms. The SMILES string of the molecule is C.COc1cc(N(C)CCN2CCN(C)CC2)c([N+](=O)[O-])cc1Nc1ncc(Cl)c(-c2cn3c4c(cccc24)CCC3)n1. The van der Waals surface area contributed by atoms with Crippen LogP contribution in [0, 0.1) is 10.1 Å². The summed E-state index contributed by atoms with van der Waals surface area (Å²) in [5, 5.41) is 16.9. The Bertz CT molecular complexity index is 1630. The van der Waals surface area contributed by atoms with Crippen LogP contribution in [-0.2, 0) is 13.0 Å². The van der Waals surface area contributed by atoms with Crippen molar-refractivity contribution >= 4 is 45.5 Å². The summed E-state index contributed by atoms with van der Waals surface area (Å²) in [6.45, 7) is 6.44. The second kappa shape index (κ2) is 12.7. The number of hydrogen-bond donors (Lipinski definition) is 1. The fourth-order valence-corrected chi connectivity index (χ4v) is 6.13. The molecule has 1 N–H and O–H groups in total. The van der Waals surface area contributed by atoms with Crippen LogP contribution >= 0.6 is 11.6 Å². The number of hydrogen-bond acceptors (Lipinski definition) is 9. The lowest BCUT2D eigenvalue weighted by molar-refractivity contribution is -0.384.